The molecule has 1 rings (SSSR count). The molecule has 0 aromatic rings. The Morgan fingerprint density at radius 2 is 1.30 bits per heavy atom. The Morgan fingerprint density at radius 3 is 1.87 bits per heavy atom. The second-order valence-corrected chi connectivity index (χ2v) is 6.79. The summed E-state index contributed by atoms with van der Waals surface area (Å²) in [6, 6.07) is 0. The van der Waals surface area contributed by atoms with E-state index in [0.717, 1.165) is 59.0 Å². The molecule has 1 aliphatic heterocycles. The molecule has 1 aliphatic rings. The summed E-state index contributed by atoms with van der Waals surface area (Å²) < 4.78 is 5.75. The molecule has 0 amide bonds. The monoisotopic (exact) mass is 330 g/mol. The van der Waals surface area contributed by atoms with Gasteiger partial charge in [0.25, 0.3) is 0 Å². The minimum atomic E-state index is 0.237. The van der Waals surface area contributed by atoms with E-state index in [1.165, 1.54) is 25.9 Å². The lowest BCUT2D eigenvalue weighted by Gasteiger charge is -2.24. The molecule has 0 aromatic carbocycles. The van der Waals surface area contributed by atoms with Gasteiger partial charge in [0.2, 0.25) is 0 Å². The van der Waals surface area contributed by atoms with Gasteiger partial charge in [-0.05, 0) is 47.1 Å². The number of rotatable bonds is 14. The van der Waals surface area contributed by atoms with Crippen LogP contribution in [0.5, 0.6) is 0 Å². The van der Waals surface area contributed by atoms with E-state index in [1.807, 2.05) is 0 Å². The van der Waals surface area contributed by atoms with Crippen molar-refractivity contribution in [1.82, 2.24) is 19.6 Å². The minimum absolute atomic E-state index is 0.237. The molecule has 1 heterocycles. The molecular weight excluding hydrogens is 292 g/mol. The first-order chi connectivity index (χ1) is 11.1. The maximum atomic E-state index is 8.88. The molecule has 6 nitrogen and oxygen atoms in total. The van der Waals surface area contributed by atoms with Crippen LogP contribution in [0.4, 0.5) is 0 Å². The molecule has 23 heavy (non-hydrogen) atoms. The lowest BCUT2D eigenvalue weighted by molar-refractivity contribution is 0.0915. The second-order valence-electron chi connectivity index (χ2n) is 6.79. The van der Waals surface area contributed by atoms with Crippen molar-refractivity contribution < 1.29 is 9.84 Å². The number of hydrogen-bond donors (Lipinski definition) is 1. The van der Waals surface area contributed by atoms with Gasteiger partial charge in [-0.2, -0.15) is 0 Å². The fourth-order valence-corrected chi connectivity index (χ4v) is 2.71. The van der Waals surface area contributed by atoms with Crippen LogP contribution in [0.15, 0.2) is 0 Å². The molecular formula is C17H38N4O2. The average molecular weight is 331 g/mol. The van der Waals surface area contributed by atoms with Gasteiger partial charge in [-0.15, -0.1) is 0 Å². The van der Waals surface area contributed by atoms with E-state index in [0.29, 0.717) is 0 Å². The molecule has 0 radical (unpaired) electrons. The molecule has 0 unspecified atom stereocenters. The van der Waals surface area contributed by atoms with Crippen molar-refractivity contribution in [3.05, 3.63) is 0 Å². The molecule has 1 N–H and O–H groups in total. The van der Waals surface area contributed by atoms with Crippen LogP contribution in [0, 0.1) is 0 Å². The van der Waals surface area contributed by atoms with Crippen LogP contribution < -0.4 is 0 Å². The first-order valence-electron chi connectivity index (χ1n) is 9.08. The summed E-state index contributed by atoms with van der Waals surface area (Å²) in [5, 5.41) is 8.88. The van der Waals surface area contributed by atoms with Gasteiger partial charge in [-0.25, -0.2) is 0 Å². The largest absolute Gasteiger partial charge is 0.395 e. The highest BCUT2D eigenvalue weighted by atomic mass is 16.5. The maximum Gasteiger partial charge on any atom is 0.0594 e. The van der Waals surface area contributed by atoms with Gasteiger partial charge in [-0.3, -0.25) is 0 Å². The van der Waals surface area contributed by atoms with Crippen LogP contribution in [-0.4, -0.2) is 125 Å². The third-order valence-corrected chi connectivity index (χ3v) is 4.58. The van der Waals surface area contributed by atoms with E-state index in [-0.39, 0.29) is 6.61 Å². The fraction of sp³-hybridized carbons (Fsp3) is 1.00. The first-order valence-corrected chi connectivity index (χ1v) is 9.08. The third-order valence-electron chi connectivity index (χ3n) is 4.58. The van der Waals surface area contributed by atoms with Crippen molar-refractivity contribution in [3.63, 3.8) is 0 Å². The van der Waals surface area contributed by atoms with Crippen molar-refractivity contribution in [2.45, 2.75) is 12.8 Å². The van der Waals surface area contributed by atoms with Crippen LogP contribution in [0.3, 0.4) is 0 Å². The zero-order valence-corrected chi connectivity index (χ0v) is 15.5. The van der Waals surface area contributed by atoms with Gasteiger partial charge >= 0.3 is 0 Å². The molecule has 138 valence electrons. The van der Waals surface area contributed by atoms with Crippen molar-refractivity contribution in [2.24, 2.45) is 0 Å². The van der Waals surface area contributed by atoms with Crippen molar-refractivity contribution in [2.75, 3.05) is 99.9 Å². The Hall–Kier alpha value is -0.240. The van der Waals surface area contributed by atoms with Crippen LogP contribution in [0.2, 0.25) is 0 Å². The fourth-order valence-electron chi connectivity index (χ4n) is 2.71. The highest BCUT2D eigenvalue weighted by Gasteiger charge is 2.10. The van der Waals surface area contributed by atoms with Crippen LogP contribution in [0.25, 0.3) is 0 Å². The van der Waals surface area contributed by atoms with E-state index in [1.54, 1.807) is 0 Å². The predicted octanol–water partition coefficient (Wildman–Crippen LogP) is -0.113. The molecule has 0 aromatic heterocycles. The average Bonchev–Trinajstić information content (AvgIpc) is 3.04. The number of nitrogens with zero attached hydrogens (tertiary/aromatic N) is 4. The second kappa shape index (κ2) is 13.1. The quantitative estimate of drug-likeness (QED) is 0.448. The van der Waals surface area contributed by atoms with Gasteiger partial charge < -0.3 is 29.4 Å². The summed E-state index contributed by atoms with van der Waals surface area (Å²) in [6.45, 7) is 11.4. The van der Waals surface area contributed by atoms with E-state index < -0.39 is 0 Å². The van der Waals surface area contributed by atoms with Crippen LogP contribution >= 0.6 is 0 Å². The summed E-state index contributed by atoms with van der Waals surface area (Å²) >= 11 is 0. The van der Waals surface area contributed by atoms with Gasteiger partial charge in [-0.1, -0.05) is 0 Å². The highest BCUT2D eigenvalue weighted by molar-refractivity contribution is 4.65. The smallest absolute Gasteiger partial charge is 0.0594 e. The van der Waals surface area contributed by atoms with Gasteiger partial charge in [0.15, 0.2) is 0 Å². The van der Waals surface area contributed by atoms with Crippen LogP contribution in [-0.2, 0) is 4.74 Å². The predicted molar refractivity (Wildman–Crippen MR) is 96.1 cm³/mol. The van der Waals surface area contributed by atoms with E-state index in [4.69, 9.17) is 9.84 Å². The molecule has 0 spiro atoms. The molecule has 0 bridgehead atoms. The number of likely N-dealkylation sites (N-methyl/N-ethyl adjacent to an activating group) is 3. The number of aliphatic hydroxyl groups excluding tert-OH is 1. The summed E-state index contributed by atoms with van der Waals surface area (Å²) in [5.41, 5.74) is 0. The maximum absolute atomic E-state index is 8.88. The molecule has 1 fully saturated rings. The first kappa shape index (κ1) is 20.8. The molecule has 0 atom stereocenters. The van der Waals surface area contributed by atoms with E-state index >= 15 is 0 Å². The lowest BCUT2D eigenvalue weighted by Crippen LogP contribution is -2.37. The minimum Gasteiger partial charge on any atom is -0.395 e. The number of ether oxygens (including phenoxy) is 1. The molecule has 0 saturated carbocycles. The Balaban J connectivity index is 1.91. The summed E-state index contributed by atoms with van der Waals surface area (Å²) in [5.74, 6) is 0. The number of likely N-dealkylation sites (tertiary alicyclic amines) is 1. The normalized spacial score (nSPS) is 16.3. The standard InChI is InChI=1S/C17H38N4O2/c1-18(8-10-19(2)12-15-22)9-11-20(3)13-16-23-17-14-21-6-4-5-7-21/h22H,4-17H2,1-3H3. The molecule has 0 aliphatic carbocycles. The zero-order chi connectivity index (χ0) is 16.9. The van der Waals surface area contributed by atoms with Crippen molar-refractivity contribution in [1.29, 1.82) is 0 Å². The number of hydrogen-bond acceptors (Lipinski definition) is 6. The lowest BCUT2D eigenvalue weighted by atomic mass is 10.4. The molecule has 6 heteroatoms. The summed E-state index contributed by atoms with van der Waals surface area (Å²) in [4.78, 5) is 9.34. The summed E-state index contributed by atoms with van der Waals surface area (Å²) in [6.07, 6.45) is 2.71. The van der Waals surface area contributed by atoms with Gasteiger partial charge in [0.1, 0.15) is 0 Å². The Morgan fingerprint density at radius 1 is 0.783 bits per heavy atom. The van der Waals surface area contributed by atoms with E-state index in [2.05, 4.69) is 40.7 Å². The topological polar surface area (TPSA) is 42.4 Å². The summed E-state index contributed by atoms with van der Waals surface area (Å²) in [7, 11) is 6.37. The van der Waals surface area contributed by atoms with Crippen molar-refractivity contribution >= 4 is 0 Å². The van der Waals surface area contributed by atoms with E-state index in [9.17, 15) is 0 Å². The Labute approximate surface area is 143 Å². The van der Waals surface area contributed by atoms with Gasteiger partial charge in [0, 0.05) is 45.8 Å². The zero-order valence-electron chi connectivity index (χ0n) is 15.5. The SMILES string of the molecule is CN(CCO)CCN(C)CCN(C)CCOCCN1CCCC1. The third kappa shape index (κ3) is 11.0. The number of aliphatic hydroxyl groups is 1. The van der Waals surface area contributed by atoms with Gasteiger partial charge in [0.05, 0.1) is 19.8 Å². The Kier molecular flexibility index (Phi) is 11.8. The van der Waals surface area contributed by atoms with Crippen LogP contribution in [0.1, 0.15) is 12.8 Å². The van der Waals surface area contributed by atoms with Crippen molar-refractivity contribution in [3.8, 4) is 0 Å². The molecule has 1 saturated heterocycles. The Bertz CT molecular complexity index is 275. The highest BCUT2D eigenvalue weighted by Crippen LogP contribution is 2.05.